The Labute approximate surface area is 109 Å². The van der Waals surface area contributed by atoms with Crippen LogP contribution in [0.1, 0.15) is 13.3 Å². The first kappa shape index (κ1) is 15.5. The van der Waals surface area contributed by atoms with Gasteiger partial charge in [0.1, 0.15) is 11.6 Å². The molecule has 8 heteroatoms. The molecular weight excluding hydrogens is 280 g/mol. The van der Waals surface area contributed by atoms with Crippen LogP contribution in [0.3, 0.4) is 0 Å². The third kappa shape index (κ3) is 4.25. The van der Waals surface area contributed by atoms with Gasteiger partial charge in [0.05, 0.1) is 10.8 Å². The summed E-state index contributed by atoms with van der Waals surface area (Å²) in [7, 11) is -4.14. The first-order chi connectivity index (χ1) is 8.76. The topological polar surface area (TPSA) is 83.5 Å². The molecule has 0 fully saturated rings. The second-order valence-electron chi connectivity index (χ2n) is 3.90. The van der Waals surface area contributed by atoms with E-state index >= 15 is 0 Å². The van der Waals surface area contributed by atoms with Gasteiger partial charge in [-0.25, -0.2) is 21.9 Å². The molecule has 19 heavy (non-hydrogen) atoms. The maximum absolute atomic E-state index is 12.9. The minimum absolute atomic E-state index is 0.232. The highest BCUT2D eigenvalue weighted by Crippen LogP contribution is 2.14. The van der Waals surface area contributed by atoms with Crippen molar-refractivity contribution in [2.45, 2.75) is 18.2 Å². The average molecular weight is 293 g/mol. The van der Waals surface area contributed by atoms with Crippen molar-refractivity contribution in [1.82, 2.24) is 4.72 Å². The number of rotatable bonds is 6. The molecule has 0 spiro atoms. The molecule has 0 aliphatic heterocycles. The first-order valence-electron chi connectivity index (χ1n) is 5.45. The lowest BCUT2D eigenvalue weighted by molar-refractivity contribution is -0.141. The van der Waals surface area contributed by atoms with E-state index in [1.54, 1.807) is 6.92 Å². The molecule has 106 valence electrons. The zero-order valence-electron chi connectivity index (χ0n) is 10.1. The van der Waals surface area contributed by atoms with Crippen LogP contribution in [0, 0.1) is 17.6 Å². The number of benzene rings is 1. The Bertz CT molecular complexity index is 554. The highest BCUT2D eigenvalue weighted by Gasteiger charge is 2.21. The Hall–Kier alpha value is -1.54. The van der Waals surface area contributed by atoms with Gasteiger partial charge in [-0.1, -0.05) is 6.92 Å². The molecule has 0 heterocycles. The Balaban J connectivity index is 2.89. The van der Waals surface area contributed by atoms with Crippen LogP contribution >= 0.6 is 0 Å². The fourth-order valence-electron chi connectivity index (χ4n) is 1.38. The van der Waals surface area contributed by atoms with Gasteiger partial charge in [0, 0.05) is 12.6 Å². The fourth-order valence-corrected chi connectivity index (χ4v) is 2.51. The predicted molar refractivity (Wildman–Crippen MR) is 63.0 cm³/mol. The van der Waals surface area contributed by atoms with Crippen LogP contribution < -0.4 is 4.72 Å². The van der Waals surface area contributed by atoms with Crippen molar-refractivity contribution in [3.63, 3.8) is 0 Å². The summed E-state index contributed by atoms with van der Waals surface area (Å²) < 4.78 is 51.4. The van der Waals surface area contributed by atoms with E-state index in [0.717, 1.165) is 0 Å². The van der Waals surface area contributed by atoms with Crippen LogP contribution in [0.5, 0.6) is 0 Å². The number of nitrogens with one attached hydrogen (secondary N) is 1. The van der Waals surface area contributed by atoms with E-state index in [1.807, 2.05) is 4.72 Å². The summed E-state index contributed by atoms with van der Waals surface area (Å²) in [4.78, 5) is 10.2. The van der Waals surface area contributed by atoms with E-state index in [9.17, 15) is 22.0 Å². The smallest absolute Gasteiger partial charge is 0.307 e. The van der Waals surface area contributed by atoms with Gasteiger partial charge in [0.2, 0.25) is 10.0 Å². The number of halogens is 2. The van der Waals surface area contributed by atoms with Crippen molar-refractivity contribution < 1.29 is 27.1 Å². The summed E-state index contributed by atoms with van der Waals surface area (Å²) in [5.41, 5.74) is 0. The molecule has 1 aromatic rings. The zero-order valence-corrected chi connectivity index (χ0v) is 10.9. The quantitative estimate of drug-likeness (QED) is 0.829. The van der Waals surface area contributed by atoms with E-state index < -0.39 is 38.4 Å². The maximum atomic E-state index is 12.9. The first-order valence-corrected chi connectivity index (χ1v) is 6.93. The molecular formula is C11H13F2NO4S. The minimum Gasteiger partial charge on any atom is -0.481 e. The number of carbonyl (C=O) groups is 1. The van der Waals surface area contributed by atoms with Crippen molar-refractivity contribution in [1.29, 1.82) is 0 Å². The van der Waals surface area contributed by atoms with Crippen molar-refractivity contribution in [3.05, 3.63) is 29.8 Å². The molecule has 2 N–H and O–H groups in total. The normalized spacial score (nSPS) is 13.2. The van der Waals surface area contributed by atoms with Crippen molar-refractivity contribution in [2.75, 3.05) is 6.54 Å². The molecule has 0 saturated heterocycles. The number of hydrogen-bond donors (Lipinski definition) is 2. The predicted octanol–water partition coefficient (Wildman–Crippen LogP) is 1.35. The number of hydrogen-bond acceptors (Lipinski definition) is 3. The van der Waals surface area contributed by atoms with Gasteiger partial charge in [0.15, 0.2) is 0 Å². The molecule has 0 radical (unpaired) electrons. The third-order valence-corrected chi connectivity index (χ3v) is 3.91. The number of aliphatic carboxylic acids is 1. The molecule has 5 nitrogen and oxygen atoms in total. The Morgan fingerprint density at radius 3 is 2.26 bits per heavy atom. The molecule has 0 aromatic heterocycles. The van der Waals surface area contributed by atoms with E-state index in [1.165, 1.54) is 0 Å². The molecule has 0 saturated carbocycles. The van der Waals surface area contributed by atoms with Crippen LogP contribution in [0.2, 0.25) is 0 Å². The molecule has 1 rings (SSSR count). The highest BCUT2D eigenvalue weighted by atomic mass is 32.2. The van der Waals surface area contributed by atoms with E-state index in [0.29, 0.717) is 18.2 Å². The highest BCUT2D eigenvalue weighted by molar-refractivity contribution is 7.89. The molecule has 0 aliphatic carbocycles. The number of carboxylic acid groups (broad SMARTS) is 1. The summed E-state index contributed by atoms with van der Waals surface area (Å²) in [6.07, 6.45) is 0.232. The van der Waals surface area contributed by atoms with Gasteiger partial charge >= 0.3 is 5.97 Å². The van der Waals surface area contributed by atoms with E-state index in [-0.39, 0.29) is 13.0 Å². The number of carboxylic acids is 1. The molecule has 1 atom stereocenters. The number of sulfonamides is 1. The summed E-state index contributed by atoms with van der Waals surface area (Å²) in [6, 6.07) is 1.87. The molecule has 0 amide bonds. The van der Waals surface area contributed by atoms with Gasteiger partial charge in [-0.3, -0.25) is 4.79 Å². The van der Waals surface area contributed by atoms with Crippen LogP contribution in [0.25, 0.3) is 0 Å². The Morgan fingerprint density at radius 2 is 1.84 bits per heavy atom. The third-order valence-electron chi connectivity index (χ3n) is 2.51. The lowest BCUT2D eigenvalue weighted by atomic mass is 10.1. The second kappa shape index (κ2) is 6.07. The van der Waals surface area contributed by atoms with E-state index in [4.69, 9.17) is 5.11 Å². The standard InChI is InChI=1S/C11H13F2NO4S/c1-2-7(11(15)16)6-14-19(17,18)10-4-8(12)3-9(13)5-10/h3-5,7,14H,2,6H2,1H3,(H,15,16). The Kier molecular flexibility index (Phi) is 4.96. The lowest BCUT2D eigenvalue weighted by Crippen LogP contribution is -2.32. The van der Waals surface area contributed by atoms with Gasteiger partial charge < -0.3 is 5.11 Å². The monoisotopic (exact) mass is 293 g/mol. The van der Waals surface area contributed by atoms with Crippen LogP contribution in [-0.2, 0) is 14.8 Å². The SMILES string of the molecule is CCC(CNS(=O)(=O)c1cc(F)cc(F)c1)C(=O)O. The zero-order chi connectivity index (χ0) is 14.6. The van der Waals surface area contributed by atoms with Gasteiger partial charge in [-0.2, -0.15) is 0 Å². The second-order valence-corrected chi connectivity index (χ2v) is 5.67. The van der Waals surface area contributed by atoms with Crippen LogP contribution in [0.15, 0.2) is 23.1 Å². The minimum atomic E-state index is -4.14. The summed E-state index contributed by atoms with van der Waals surface area (Å²) in [5, 5.41) is 8.77. The van der Waals surface area contributed by atoms with Gasteiger partial charge in [-0.15, -0.1) is 0 Å². The summed E-state index contributed by atoms with van der Waals surface area (Å²) >= 11 is 0. The van der Waals surface area contributed by atoms with Crippen LogP contribution in [-0.4, -0.2) is 26.0 Å². The lowest BCUT2D eigenvalue weighted by Gasteiger charge is -2.11. The molecule has 0 bridgehead atoms. The van der Waals surface area contributed by atoms with E-state index in [2.05, 4.69) is 0 Å². The van der Waals surface area contributed by atoms with Crippen LogP contribution in [0.4, 0.5) is 8.78 Å². The molecule has 1 unspecified atom stereocenters. The molecule has 0 aliphatic rings. The van der Waals surface area contributed by atoms with Crippen molar-refractivity contribution >= 4 is 16.0 Å². The summed E-state index contributed by atoms with van der Waals surface area (Å²) in [5.74, 6) is -4.08. The van der Waals surface area contributed by atoms with Crippen molar-refractivity contribution in [3.8, 4) is 0 Å². The van der Waals surface area contributed by atoms with Crippen molar-refractivity contribution in [2.24, 2.45) is 5.92 Å². The Morgan fingerprint density at radius 1 is 1.32 bits per heavy atom. The fraction of sp³-hybridized carbons (Fsp3) is 0.364. The van der Waals surface area contributed by atoms with Gasteiger partial charge in [0.25, 0.3) is 0 Å². The summed E-state index contributed by atoms with van der Waals surface area (Å²) in [6.45, 7) is 1.25. The average Bonchev–Trinajstić information content (AvgIpc) is 2.27. The largest absolute Gasteiger partial charge is 0.481 e. The van der Waals surface area contributed by atoms with Gasteiger partial charge in [-0.05, 0) is 18.6 Å². The maximum Gasteiger partial charge on any atom is 0.307 e. The molecule has 1 aromatic carbocycles.